The van der Waals surface area contributed by atoms with Gasteiger partial charge in [0, 0.05) is 23.8 Å². The minimum Gasteiger partial charge on any atom is -0.447 e. The van der Waals surface area contributed by atoms with Crippen molar-refractivity contribution in [2.75, 3.05) is 18.1 Å². The first-order valence-corrected chi connectivity index (χ1v) is 8.24. The van der Waals surface area contributed by atoms with Gasteiger partial charge in [-0.25, -0.2) is 9.18 Å². The Bertz CT molecular complexity index is 766. The zero-order valence-corrected chi connectivity index (χ0v) is 14.0. The van der Waals surface area contributed by atoms with E-state index in [1.807, 2.05) is 31.2 Å². The van der Waals surface area contributed by atoms with Gasteiger partial charge in [0.2, 0.25) is 0 Å². The molecular formula is C19H21FN2O3. The van der Waals surface area contributed by atoms with Crippen LogP contribution in [0.3, 0.4) is 0 Å². The smallest absolute Gasteiger partial charge is 0.414 e. The summed E-state index contributed by atoms with van der Waals surface area (Å²) in [6.07, 6.45) is -0.319. The summed E-state index contributed by atoms with van der Waals surface area (Å²) < 4.78 is 18.4. The topological polar surface area (TPSA) is 61.8 Å². The molecule has 2 aromatic rings. The van der Waals surface area contributed by atoms with Crippen molar-refractivity contribution in [3.8, 4) is 0 Å². The lowest BCUT2D eigenvalue weighted by molar-refractivity contribution is 0.181. The summed E-state index contributed by atoms with van der Waals surface area (Å²) in [6.45, 7) is 3.23. The molecule has 5 nitrogen and oxygen atoms in total. The van der Waals surface area contributed by atoms with E-state index >= 15 is 0 Å². The van der Waals surface area contributed by atoms with Gasteiger partial charge < -0.3 is 15.2 Å². The monoisotopic (exact) mass is 344 g/mol. The second-order valence-corrected chi connectivity index (χ2v) is 6.05. The van der Waals surface area contributed by atoms with Crippen LogP contribution < -0.4 is 10.2 Å². The summed E-state index contributed by atoms with van der Waals surface area (Å²) in [6, 6.07) is 12.5. The van der Waals surface area contributed by atoms with Crippen molar-refractivity contribution >= 4 is 11.8 Å². The fraction of sp³-hybridized carbons (Fsp3) is 0.316. The third-order valence-electron chi connectivity index (χ3n) is 4.34. The molecule has 1 fully saturated rings. The Morgan fingerprint density at radius 3 is 2.88 bits per heavy atom. The van der Waals surface area contributed by atoms with Crippen LogP contribution in [0.25, 0.3) is 0 Å². The summed E-state index contributed by atoms with van der Waals surface area (Å²) in [5.74, 6) is -0.399. The van der Waals surface area contributed by atoms with Crippen molar-refractivity contribution in [3.63, 3.8) is 0 Å². The average molecular weight is 344 g/mol. The summed E-state index contributed by atoms with van der Waals surface area (Å²) in [7, 11) is 0. The van der Waals surface area contributed by atoms with Crippen molar-refractivity contribution in [2.24, 2.45) is 0 Å². The maximum atomic E-state index is 13.4. The van der Waals surface area contributed by atoms with E-state index in [1.54, 1.807) is 17.0 Å². The molecule has 1 atom stereocenters. The van der Waals surface area contributed by atoms with Crippen molar-refractivity contribution in [2.45, 2.75) is 26.1 Å². The van der Waals surface area contributed by atoms with Gasteiger partial charge in [-0.3, -0.25) is 4.90 Å². The quantitative estimate of drug-likeness (QED) is 0.845. The number of aliphatic hydroxyl groups excluding tert-OH is 1. The molecule has 0 aliphatic carbocycles. The van der Waals surface area contributed by atoms with E-state index in [0.717, 1.165) is 16.8 Å². The maximum absolute atomic E-state index is 13.4. The number of carbonyl (C=O) groups is 1. The fourth-order valence-corrected chi connectivity index (χ4v) is 2.84. The molecule has 1 amide bonds. The lowest BCUT2D eigenvalue weighted by Crippen LogP contribution is -2.24. The number of ether oxygens (including phenoxy) is 1. The van der Waals surface area contributed by atoms with E-state index in [-0.39, 0.29) is 18.7 Å². The molecule has 0 spiro atoms. The highest BCUT2D eigenvalue weighted by atomic mass is 19.1. The van der Waals surface area contributed by atoms with Gasteiger partial charge in [-0.05, 0) is 42.3 Å². The average Bonchev–Trinajstić information content (AvgIpc) is 3.07. The van der Waals surface area contributed by atoms with Crippen LogP contribution in [0.2, 0.25) is 0 Å². The number of benzene rings is 2. The number of anilines is 1. The zero-order valence-electron chi connectivity index (χ0n) is 14.0. The molecule has 0 saturated carbocycles. The minimum absolute atomic E-state index is 0.0428. The number of nitrogens with zero attached hydrogens (tertiary/aromatic N) is 1. The zero-order chi connectivity index (χ0) is 17.8. The number of cyclic esters (lactones) is 1. The van der Waals surface area contributed by atoms with E-state index in [2.05, 4.69) is 5.32 Å². The third-order valence-corrected chi connectivity index (χ3v) is 4.34. The molecule has 1 unspecified atom stereocenters. The summed E-state index contributed by atoms with van der Waals surface area (Å²) >= 11 is 0. The Balaban J connectivity index is 1.67. The van der Waals surface area contributed by atoms with Gasteiger partial charge in [0.15, 0.2) is 0 Å². The highest BCUT2D eigenvalue weighted by Crippen LogP contribution is 2.23. The van der Waals surface area contributed by atoms with Gasteiger partial charge in [0.1, 0.15) is 12.4 Å². The molecule has 1 heterocycles. The lowest BCUT2D eigenvalue weighted by Gasteiger charge is -2.18. The highest BCUT2D eigenvalue weighted by Gasteiger charge is 2.23. The lowest BCUT2D eigenvalue weighted by atomic mass is 10.1. The number of rotatable bonds is 6. The van der Waals surface area contributed by atoms with Crippen LogP contribution in [0, 0.1) is 5.82 Å². The van der Waals surface area contributed by atoms with Gasteiger partial charge in [0.05, 0.1) is 13.2 Å². The second kappa shape index (κ2) is 7.63. The first-order chi connectivity index (χ1) is 12.1. The molecule has 0 aromatic heterocycles. The van der Waals surface area contributed by atoms with Gasteiger partial charge in [-0.1, -0.05) is 18.2 Å². The first-order valence-electron chi connectivity index (χ1n) is 8.24. The van der Waals surface area contributed by atoms with Crippen molar-refractivity contribution < 1.29 is 19.0 Å². The molecule has 1 aliphatic rings. The van der Waals surface area contributed by atoms with Crippen molar-refractivity contribution in [3.05, 3.63) is 65.0 Å². The Morgan fingerprint density at radius 2 is 2.16 bits per heavy atom. The second-order valence-electron chi connectivity index (χ2n) is 6.05. The van der Waals surface area contributed by atoms with Crippen LogP contribution in [0.1, 0.15) is 29.7 Å². The normalized spacial score (nSPS) is 15.3. The molecule has 132 valence electrons. The van der Waals surface area contributed by atoms with Crippen LogP contribution in [0.4, 0.5) is 14.9 Å². The number of halogens is 1. The molecule has 3 rings (SSSR count). The predicted molar refractivity (Wildman–Crippen MR) is 92.7 cm³/mol. The summed E-state index contributed by atoms with van der Waals surface area (Å²) in [5, 5.41) is 12.5. The van der Waals surface area contributed by atoms with Gasteiger partial charge in [-0.15, -0.1) is 0 Å². The van der Waals surface area contributed by atoms with Crippen LogP contribution in [-0.2, 0) is 17.9 Å². The maximum Gasteiger partial charge on any atom is 0.414 e. The molecular weight excluding hydrogens is 323 g/mol. The SMILES string of the molecule is CC(NCc1ccc(F)c(CO)c1)c1cccc(N2CCOC2=O)c1. The van der Waals surface area contributed by atoms with E-state index in [4.69, 9.17) is 9.84 Å². The molecule has 6 heteroatoms. The van der Waals surface area contributed by atoms with Crippen LogP contribution >= 0.6 is 0 Å². The number of amides is 1. The first kappa shape index (κ1) is 17.4. The number of aliphatic hydroxyl groups is 1. The predicted octanol–water partition coefficient (Wildman–Crippen LogP) is 3.13. The van der Waals surface area contributed by atoms with Crippen molar-refractivity contribution in [1.82, 2.24) is 5.32 Å². The molecule has 1 saturated heterocycles. The van der Waals surface area contributed by atoms with Crippen LogP contribution in [0.5, 0.6) is 0 Å². The number of hydrogen-bond acceptors (Lipinski definition) is 4. The molecule has 1 aliphatic heterocycles. The van der Waals surface area contributed by atoms with Crippen molar-refractivity contribution in [1.29, 1.82) is 0 Å². The van der Waals surface area contributed by atoms with Crippen LogP contribution in [-0.4, -0.2) is 24.4 Å². The van der Waals surface area contributed by atoms with E-state index in [9.17, 15) is 9.18 Å². The fourth-order valence-electron chi connectivity index (χ4n) is 2.84. The third kappa shape index (κ3) is 3.97. The highest BCUT2D eigenvalue weighted by molar-refractivity contribution is 5.89. The molecule has 0 bridgehead atoms. The summed E-state index contributed by atoms with van der Waals surface area (Å²) in [4.78, 5) is 13.3. The van der Waals surface area contributed by atoms with Gasteiger partial charge >= 0.3 is 6.09 Å². The molecule has 2 N–H and O–H groups in total. The van der Waals surface area contributed by atoms with E-state index in [0.29, 0.717) is 25.3 Å². The minimum atomic E-state index is -0.399. The Hall–Kier alpha value is -2.44. The van der Waals surface area contributed by atoms with Gasteiger partial charge in [0.25, 0.3) is 0 Å². The largest absolute Gasteiger partial charge is 0.447 e. The number of nitrogens with one attached hydrogen (secondary N) is 1. The number of carbonyl (C=O) groups excluding carboxylic acids is 1. The Labute approximate surface area is 146 Å². The molecule has 2 aromatic carbocycles. The van der Waals surface area contributed by atoms with E-state index < -0.39 is 5.82 Å². The van der Waals surface area contributed by atoms with E-state index in [1.165, 1.54) is 6.07 Å². The number of hydrogen-bond donors (Lipinski definition) is 2. The molecule has 0 radical (unpaired) electrons. The van der Waals surface area contributed by atoms with Gasteiger partial charge in [-0.2, -0.15) is 0 Å². The Kier molecular flexibility index (Phi) is 5.31. The summed E-state index contributed by atoms with van der Waals surface area (Å²) in [5.41, 5.74) is 3.05. The Morgan fingerprint density at radius 1 is 1.32 bits per heavy atom. The molecule has 25 heavy (non-hydrogen) atoms. The standard InChI is InChI=1S/C19H21FN2O3/c1-13(21-11-14-5-6-18(20)16(9-14)12-23)15-3-2-4-17(10-15)22-7-8-25-19(22)24/h2-6,9-10,13,21,23H,7-8,11-12H2,1H3. The van der Waals surface area contributed by atoms with Crippen LogP contribution in [0.15, 0.2) is 42.5 Å².